The third-order valence-electron chi connectivity index (χ3n) is 10.2. The molecule has 0 unspecified atom stereocenters. The Labute approximate surface area is 213 Å². The second-order valence-corrected chi connectivity index (χ2v) is 12.5. The quantitative estimate of drug-likeness (QED) is 0.604. The first kappa shape index (κ1) is 22.7. The SMILES string of the molecule is CNc1nc(C)cc(N2CCc3c(c(C)nn3CC34CCC(N5CC6(COC6)C5)(CC3)C4)C2)c1C=N. The fourth-order valence-electron chi connectivity index (χ4n) is 8.19. The molecule has 5 aliphatic rings. The van der Waals surface area contributed by atoms with Gasteiger partial charge in [0.1, 0.15) is 5.82 Å². The summed E-state index contributed by atoms with van der Waals surface area (Å²) in [6.07, 6.45) is 9.20. The average molecular weight is 490 g/mol. The lowest BCUT2D eigenvalue weighted by Gasteiger charge is -2.60. The van der Waals surface area contributed by atoms with Crippen LogP contribution in [-0.2, 0) is 24.2 Å². The highest BCUT2D eigenvalue weighted by Gasteiger charge is 2.62. The van der Waals surface area contributed by atoms with Crippen LogP contribution in [0.4, 0.5) is 11.5 Å². The number of aryl methyl sites for hydroxylation is 2. The van der Waals surface area contributed by atoms with E-state index in [4.69, 9.17) is 15.2 Å². The van der Waals surface area contributed by atoms with Gasteiger partial charge in [0, 0.05) is 80.3 Å². The minimum Gasteiger partial charge on any atom is -0.380 e. The number of pyridine rings is 1. The number of nitrogens with one attached hydrogen (secondary N) is 2. The van der Waals surface area contributed by atoms with Gasteiger partial charge in [-0.2, -0.15) is 5.10 Å². The van der Waals surface area contributed by atoms with E-state index in [-0.39, 0.29) is 0 Å². The van der Waals surface area contributed by atoms with Crippen LogP contribution in [0.3, 0.4) is 0 Å². The summed E-state index contributed by atoms with van der Waals surface area (Å²) < 4.78 is 7.93. The van der Waals surface area contributed by atoms with E-state index in [1.807, 2.05) is 14.0 Å². The molecule has 2 aliphatic carbocycles. The number of hydrogen-bond donors (Lipinski definition) is 2. The highest BCUT2D eigenvalue weighted by atomic mass is 16.5. The predicted octanol–water partition coefficient (Wildman–Crippen LogP) is 3.53. The zero-order valence-electron chi connectivity index (χ0n) is 22.0. The molecule has 2 saturated heterocycles. The lowest BCUT2D eigenvalue weighted by atomic mass is 9.74. The molecule has 0 atom stereocenters. The normalized spacial score (nSPS) is 30.2. The number of nitrogens with zero attached hydrogens (tertiary/aromatic N) is 5. The lowest BCUT2D eigenvalue weighted by molar-refractivity contribution is -0.212. The Morgan fingerprint density at radius 2 is 1.94 bits per heavy atom. The van der Waals surface area contributed by atoms with Crippen molar-refractivity contribution in [2.75, 3.05) is 50.1 Å². The minimum atomic E-state index is 0.416. The van der Waals surface area contributed by atoms with E-state index in [0.29, 0.717) is 16.4 Å². The maximum absolute atomic E-state index is 8.02. The smallest absolute Gasteiger partial charge is 0.136 e. The van der Waals surface area contributed by atoms with Gasteiger partial charge in [-0.3, -0.25) is 9.58 Å². The van der Waals surface area contributed by atoms with Crippen LogP contribution in [0.15, 0.2) is 6.07 Å². The molecule has 1 spiro atoms. The van der Waals surface area contributed by atoms with Gasteiger partial charge in [0.2, 0.25) is 0 Å². The van der Waals surface area contributed by atoms with Gasteiger partial charge in [0.05, 0.1) is 30.2 Å². The van der Waals surface area contributed by atoms with Gasteiger partial charge < -0.3 is 20.4 Å². The molecule has 2 bridgehead atoms. The molecular weight excluding hydrogens is 450 g/mol. The van der Waals surface area contributed by atoms with E-state index in [0.717, 1.165) is 62.0 Å². The Morgan fingerprint density at radius 1 is 1.17 bits per heavy atom. The van der Waals surface area contributed by atoms with Crippen LogP contribution in [0.5, 0.6) is 0 Å². The Hall–Kier alpha value is -2.45. The van der Waals surface area contributed by atoms with Gasteiger partial charge in [-0.15, -0.1) is 0 Å². The Balaban J connectivity index is 1.10. The zero-order chi connectivity index (χ0) is 24.7. The highest BCUT2D eigenvalue weighted by Crippen LogP contribution is 2.62. The number of rotatable bonds is 6. The summed E-state index contributed by atoms with van der Waals surface area (Å²) in [6.45, 7) is 11.6. The van der Waals surface area contributed by atoms with E-state index in [9.17, 15) is 0 Å². The van der Waals surface area contributed by atoms with E-state index < -0.39 is 0 Å². The monoisotopic (exact) mass is 489 g/mol. The minimum absolute atomic E-state index is 0.416. The molecule has 2 aromatic heterocycles. The molecule has 0 amide bonds. The maximum Gasteiger partial charge on any atom is 0.136 e. The molecule has 3 aliphatic heterocycles. The molecule has 0 aromatic carbocycles. The molecule has 8 nitrogen and oxygen atoms in total. The van der Waals surface area contributed by atoms with Crippen LogP contribution in [-0.4, -0.2) is 71.3 Å². The fourth-order valence-corrected chi connectivity index (χ4v) is 8.19. The van der Waals surface area contributed by atoms with Gasteiger partial charge in [0.15, 0.2) is 0 Å². The second kappa shape index (κ2) is 7.78. The van der Waals surface area contributed by atoms with Crippen molar-refractivity contribution in [3.8, 4) is 0 Å². The molecule has 0 radical (unpaired) electrons. The topological polar surface area (TPSA) is 82.3 Å². The molecule has 2 saturated carbocycles. The summed E-state index contributed by atoms with van der Waals surface area (Å²) in [5.41, 5.74) is 8.29. The molecule has 4 fully saturated rings. The van der Waals surface area contributed by atoms with Crippen molar-refractivity contribution in [2.24, 2.45) is 10.8 Å². The van der Waals surface area contributed by atoms with Gasteiger partial charge in [-0.1, -0.05) is 0 Å². The average Bonchev–Trinajstić information content (AvgIpc) is 3.46. The summed E-state index contributed by atoms with van der Waals surface area (Å²) >= 11 is 0. The van der Waals surface area contributed by atoms with E-state index in [1.165, 1.54) is 68.4 Å². The van der Waals surface area contributed by atoms with Crippen LogP contribution < -0.4 is 10.2 Å². The van der Waals surface area contributed by atoms with Crippen molar-refractivity contribution in [1.29, 1.82) is 5.41 Å². The van der Waals surface area contributed by atoms with E-state index in [2.05, 4.69) is 37.8 Å². The summed E-state index contributed by atoms with van der Waals surface area (Å²) in [7, 11) is 1.88. The number of hydrogen-bond acceptors (Lipinski definition) is 7. The molecule has 36 heavy (non-hydrogen) atoms. The van der Waals surface area contributed by atoms with Crippen molar-refractivity contribution in [2.45, 2.75) is 71.0 Å². The summed E-state index contributed by atoms with van der Waals surface area (Å²) in [5, 5.41) is 16.3. The first-order valence-electron chi connectivity index (χ1n) is 13.7. The third kappa shape index (κ3) is 3.23. The number of anilines is 2. The molecule has 2 N–H and O–H groups in total. The molecule has 2 aromatic rings. The number of fused-ring (bicyclic) bond motifs is 3. The van der Waals surface area contributed by atoms with Crippen LogP contribution in [0, 0.1) is 30.1 Å². The molecule has 192 valence electrons. The van der Waals surface area contributed by atoms with Gasteiger partial charge in [0.25, 0.3) is 0 Å². The first-order valence-corrected chi connectivity index (χ1v) is 13.7. The van der Waals surface area contributed by atoms with Gasteiger partial charge >= 0.3 is 0 Å². The summed E-state index contributed by atoms with van der Waals surface area (Å²) in [6, 6.07) is 2.12. The first-order chi connectivity index (χ1) is 17.4. The maximum atomic E-state index is 8.02. The standard InChI is InChI=1S/C28H39N7O/c1-19-10-24(21(11-29)25(30-3)31-19)33-9-4-23-22(12-33)20(2)32-35(23)16-26-5-7-28(13-26,8-6-26)34-14-27(15-34)17-36-18-27/h10-11,29H,4-9,12-18H2,1-3H3,(H,30,31). The lowest BCUT2D eigenvalue weighted by Crippen LogP contribution is -2.70. The predicted molar refractivity (Wildman–Crippen MR) is 141 cm³/mol. The number of aromatic nitrogens is 3. The molecule has 7 rings (SSSR count). The second-order valence-electron chi connectivity index (χ2n) is 12.5. The third-order valence-corrected chi connectivity index (χ3v) is 10.2. The highest BCUT2D eigenvalue weighted by molar-refractivity contribution is 5.92. The van der Waals surface area contributed by atoms with Crippen molar-refractivity contribution in [3.05, 3.63) is 34.3 Å². The van der Waals surface area contributed by atoms with Crippen molar-refractivity contribution < 1.29 is 4.74 Å². The largest absolute Gasteiger partial charge is 0.380 e. The number of ether oxygens (including phenoxy) is 1. The summed E-state index contributed by atoms with van der Waals surface area (Å²) in [4.78, 5) is 9.83. The van der Waals surface area contributed by atoms with Crippen LogP contribution >= 0.6 is 0 Å². The van der Waals surface area contributed by atoms with Crippen LogP contribution in [0.25, 0.3) is 0 Å². The summed E-state index contributed by atoms with van der Waals surface area (Å²) in [5.74, 6) is 0.779. The Kier molecular flexibility index (Phi) is 4.91. The number of likely N-dealkylation sites (tertiary alicyclic amines) is 1. The molecule has 5 heterocycles. The fraction of sp³-hybridized carbons (Fsp3) is 0.679. The van der Waals surface area contributed by atoms with Crippen molar-refractivity contribution in [1.82, 2.24) is 19.7 Å². The zero-order valence-corrected chi connectivity index (χ0v) is 22.0. The molecule has 8 heteroatoms. The van der Waals surface area contributed by atoms with E-state index >= 15 is 0 Å². The van der Waals surface area contributed by atoms with Gasteiger partial charge in [-0.05, 0) is 57.4 Å². The van der Waals surface area contributed by atoms with Crippen molar-refractivity contribution in [3.63, 3.8) is 0 Å². The van der Waals surface area contributed by atoms with Gasteiger partial charge in [-0.25, -0.2) is 4.98 Å². The van der Waals surface area contributed by atoms with Crippen LogP contribution in [0.2, 0.25) is 0 Å². The van der Waals surface area contributed by atoms with E-state index in [1.54, 1.807) is 0 Å². The Morgan fingerprint density at radius 3 is 2.61 bits per heavy atom. The van der Waals surface area contributed by atoms with Crippen molar-refractivity contribution >= 4 is 17.7 Å². The van der Waals surface area contributed by atoms with Crippen LogP contribution in [0.1, 0.15) is 60.3 Å². The Bertz CT molecular complexity index is 1210. The molecular formula is C28H39N7O.